The minimum absolute atomic E-state index is 0.256. The number of nitrogens with one attached hydrogen (secondary N) is 3. The van der Waals surface area contributed by atoms with Crippen LogP contribution in [0.15, 0.2) is 83.8 Å². The molecule has 144 valence electrons. The van der Waals surface area contributed by atoms with Crippen molar-refractivity contribution in [1.29, 1.82) is 5.26 Å². The zero-order valence-electron chi connectivity index (χ0n) is 15.4. The van der Waals surface area contributed by atoms with E-state index in [9.17, 15) is 9.59 Å². The highest BCUT2D eigenvalue weighted by molar-refractivity contribution is 7.99. The summed E-state index contributed by atoms with van der Waals surface area (Å²) in [6, 6.07) is 24.8. The molecule has 0 aromatic heterocycles. The van der Waals surface area contributed by atoms with Crippen molar-refractivity contribution in [2.45, 2.75) is 4.90 Å². The lowest BCUT2D eigenvalue weighted by molar-refractivity contribution is 0.102. The topological polar surface area (TPSA) is 94.0 Å². The lowest BCUT2D eigenvalue weighted by Gasteiger charge is -2.10. The molecule has 0 aliphatic rings. The maximum Gasteiger partial charge on any atom is 0.323 e. The van der Waals surface area contributed by atoms with Crippen LogP contribution in [0.25, 0.3) is 0 Å². The summed E-state index contributed by atoms with van der Waals surface area (Å²) in [6.45, 7) is 0. The average Bonchev–Trinajstić information content (AvgIpc) is 2.74. The van der Waals surface area contributed by atoms with Crippen molar-refractivity contribution in [3.8, 4) is 6.07 Å². The van der Waals surface area contributed by atoms with E-state index < -0.39 is 0 Å². The highest BCUT2D eigenvalue weighted by atomic mass is 32.2. The fourth-order valence-electron chi connectivity index (χ4n) is 2.54. The van der Waals surface area contributed by atoms with Crippen LogP contribution < -0.4 is 16.0 Å². The van der Waals surface area contributed by atoms with Crippen LogP contribution in [-0.2, 0) is 0 Å². The fourth-order valence-corrected chi connectivity index (χ4v) is 3.25. The fraction of sp³-hybridized carbons (Fsp3) is 0.0455. The first-order chi connectivity index (χ1) is 14.2. The number of para-hydroxylation sites is 1. The van der Waals surface area contributed by atoms with E-state index in [2.05, 4.69) is 22.0 Å². The second kappa shape index (κ2) is 9.97. The van der Waals surface area contributed by atoms with E-state index in [1.165, 1.54) is 11.8 Å². The van der Waals surface area contributed by atoms with E-state index in [-0.39, 0.29) is 17.7 Å². The molecule has 0 aliphatic carbocycles. The molecule has 7 heteroatoms. The van der Waals surface area contributed by atoms with Crippen LogP contribution >= 0.6 is 11.8 Å². The molecule has 3 aromatic carbocycles. The monoisotopic (exact) mass is 402 g/mol. The van der Waals surface area contributed by atoms with Gasteiger partial charge in [-0.2, -0.15) is 5.26 Å². The summed E-state index contributed by atoms with van der Waals surface area (Å²) < 4.78 is 0. The quantitative estimate of drug-likeness (QED) is 0.494. The molecule has 0 spiro atoms. The molecule has 29 heavy (non-hydrogen) atoms. The molecular weight excluding hydrogens is 384 g/mol. The smallest absolute Gasteiger partial charge is 0.322 e. The Kier molecular flexibility index (Phi) is 6.87. The molecule has 3 rings (SSSR count). The number of amides is 3. The van der Waals surface area contributed by atoms with Crippen LogP contribution in [0.2, 0.25) is 0 Å². The van der Waals surface area contributed by atoms with Gasteiger partial charge in [-0.15, -0.1) is 11.8 Å². The van der Waals surface area contributed by atoms with E-state index in [0.717, 1.165) is 4.90 Å². The summed E-state index contributed by atoms with van der Waals surface area (Å²) in [4.78, 5) is 25.4. The van der Waals surface area contributed by atoms with Gasteiger partial charge in [0.1, 0.15) is 0 Å². The Balaban J connectivity index is 1.60. The van der Waals surface area contributed by atoms with Crippen molar-refractivity contribution in [1.82, 2.24) is 0 Å². The summed E-state index contributed by atoms with van der Waals surface area (Å²) >= 11 is 1.32. The first-order valence-electron chi connectivity index (χ1n) is 8.79. The minimum atomic E-state index is -0.351. The summed E-state index contributed by atoms with van der Waals surface area (Å²) in [6.07, 6.45) is 0. The van der Waals surface area contributed by atoms with Gasteiger partial charge < -0.3 is 16.0 Å². The van der Waals surface area contributed by atoms with E-state index in [1.807, 2.05) is 30.3 Å². The van der Waals surface area contributed by atoms with Gasteiger partial charge in [0.05, 0.1) is 17.4 Å². The Morgan fingerprint density at radius 1 is 0.759 bits per heavy atom. The first-order valence-corrected chi connectivity index (χ1v) is 9.77. The number of carbonyl (C=O) groups is 2. The number of benzene rings is 3. The van der Waals surface area contributed by atoms with Crippen molar-refractivity contribution in [3.05, 3.63) is 84.4 Å². The predicted molar refractivity (Wildman–Crippen MR) is 116 cm³/mol. The van der Waals surface area contributed by atoms with Gasteiger partial charge in [-0.3, -0.25) is 4.79 Å². The van der Waals surface area contributed by atoms with Crippen LogP contribution in [0, 0.1) is 11.3 Å². The van der Waals surface area contributed by atoms with Crippen LogP contribution in [0.3, 0.4) is 0 Å². The highest BCUT2D eigenvalue weighted by Gasteiger charge is 2.11. The molecule has 0 atom stereocenters. The molecule has 6 nitrogen and oxygen atoms in total. The van der Waals surface area contributed by atoms with Gasteiger partial charge in [-0.25, -0.2) is 4.79 Å². The Morgan fingerprint density at radius 3 is 1.97 bits per heavy atom. The van der Waals surface area contributed by atoms with Gasteiger partial charge in [0.2, 0.25) is 0 Å². The zero-order chi connectivity index (χ0) is 20.5. The van der Waals surface area contributed by atoms with Crippen LogP contribution in [0.5, 0.6) is 0 Å². The standard InChI is InChI=1S/C22H18N4O2S/c23-14-15-29-20-9-5-4-8-19(20)21(27)24-17-10-12-18(13-11-17)26-22(28)25-16-6-2-1-3-7-16/h1-13H,15H2,(H,24,27)(H2,25,26,28). The minimum Gasteiger partial charge on any atom is -0.322 e. The third-order valence-electron chi connectivity index (χ3n) is 3.86. The molecule has 3 amide bonds. The number of rotatable bonds is 6. The molecular formula is C22H18N4O2S. The maximum absolute atomic E-state index is 12.6. The van der Waals surface area contributed by atoms with Gasteiger partial charge in [-0.05, 0) is 48.5 Å². The molecule has 0 saturated heterocycles. The predicted octanol–water partition coefficient (Wildman–Crippen LogP) is 5.20. The van der Waals surface area contributed by atoms with Crippen molar-refractivity contribution in [3.63, 3.8) is 0 Å². The van der Waals surface area contributed by atoms with E-state index in [4.69, 9.17) is 5.26 Å². The van der Waals surface area contributed by atoms with Gasteiger partial charge in [0.25, 0.3) is 5.91 Å². The zero-order valence-corrected chi connectivity index (χ0v) is 16.2. The molecule has 0 radical (unpaired) electrons. The number of hydrogen-bond acceptors (Lipinski definition) is 4. The lowest BCUT2D eigenvalue weighted by Crippen LogP contribution is -2.19. The van der Waals surface area contributed by atoms with Gasteiger partial charge >= 0.3 is 6.03 Å². The molecule has 3 aromatic rings. The van der Waals surface area contributed by atoms with Crippen LogP contribution in [0.4, 0.5) is 21.9 Å². The molecule has 0 unspecified atom stereocenters. The van der Waals surface area contributed by atoms with Gasteiger partial charge in [0.15, 0.2) is 0 Å². The number of nitriles is 1. The largest absolute Gasteiger partial charge is 0.323 e. The van der Waals surface area contributed by atoms with Gasteiger partial charge in [-0.1, -0.05) is 30.3 Å². The third-order valence-corrected chi connectivity index (χ3v) is 4.80. The SMILES string of the molecule is N#CCSc1ccccc1C(=O)Nc1ccc(NC(=O)Nc2ccccc2)cc1. The van der Waals surface area contributed by atoms with E-state index >= 15 is 0 Å². The van der Waals surface area contributed by atoms with Crippen molar-refractivity contribution < 1.29 is 9.59 Å². The van der Waals surface area contributed by atoms with E-state index in [1.54, 1.807) is 48.5 Å². The van der Waals surface area contributed by atoms with Crippen molar-refractivity contribution in [2.24, 2.45) is 0 Å². The summed E-state index contributed by atoms with van der Waals surface area (Å²) in [5, 5.41) is 17.1. The summed E-state index contributed by atoms with van der Waals surface area (Å²) in [7, 11) is 0. The Labute approximate surface area is 172 Å². The van der Waals surface area contributed by atoms with Crippen molar-refractivity contribution in [2.75, 3.05) is 21.7 Å². The Hall–Kier alpha value is -3.76. The molecule has 0 aliphatic heterocycles. The van der Waals surface area contributed by atoms with Crippen molar-refractivity contribution >= 4 is 40.8 Å². The van der Waals surface area contributed by atoms with Crippen LogP contribution in [0.1, 0.15) is 10.4 Å². The average molecular weight is 402 g/mol. The maximum atomic E-state index is 12.6. The molecule has 0 saturated carbocycles. The Bertz CT molecular complexity index is 1030. The number of anilines is 3. The second-order valence-corrected chi connectivity index (χ2v) is 6.94. The second-order valence-electron chi connectivity index (χ2n) is 5.92. The number of hydrogen-bond donors (Lipinski definition) is 3. The molecule has 3 N–H and O–H groups in total. The van der Waals surface area contributed by atoms with Crippen LogP contribution in [-0.4, -0.2) is 17.7 Å². The lowest BCUT2D eigenvalue weighted by atomic mass is 10.2. The first kappa shape index (κ1) is 20.0. The summed E-state index contributed by atoms with van der Waals surface area (Å²) in [5.74, 6) is 0.0176. The Morgan fingerprint density at radius 2 is 1.31 bits per heavy atom. The molecule has 0 heterocycles. The van der Waals surface area contributed by atoms with Gasteiger partial charge in [0, 0.05) is 22.0 Å². The number of carbonyl (C=O) groups excluding carboxylic acids is 2. The third kappa shape index (κ3) is 5.86. The highest BCUT2D eigenvalue weighted by Crippen LogP contribution is 2.23. The number of nitrogens with zero attached hydrogens (tertiary/aromatic N) is 1. The molecule has 0 bridgehead atoms. The number of thioether (sulfide) groups is 1. The normalized spacial score (nSPS) is 9.90. The summed E-state index contributed by atoms with van der Waals surface area (Å²) in [5.41, 5.74) is 2.41. The number of urea groups is 1. The van der Waals surface area contributed by atoms with E-state index in [0.29, 0.717) is 22.6 Å². The molecule has 0 fully saturated rings.